The van der Waals surface area contributed by atoms with Gasteiger partial charge in [0.2, 0.25) is 5.16 Å². The van der Waals surface area contributed by atoms with Crippen LogP contribution in [0.15, 0.2) is 53.7 Å². The number of benzene rings is 2. The summed E-state index contributed by atoms with van der Waals surface area (Å²) in [5, 5.41) is 22.5. The maximum Gasteiger partial charge on any atom is 0.214 e. The Labute approximate surface area is 148 Å². The van der Waals surface area contributed by atoms with Gasteiger partial charge in [-0.1, -0.05) is 23.4 Å². The standard InChI is InChI=1S/C16H15ClN4O2S/c17-12-2-8-15(9-3-12)23-10-1-11-24-16-18-19-20-21(16)13-4-6-14(22)7-5-13/h2-9,22H,1,10-11H2. The number of halogens is 1. The maximum atomic E-state index is 9.35. The third kappa shape index (κ3) is 4.39. The highest BCUT2D eigenvalue weighted by molar-refractivity contribution is 7.99. The maximum absolute atomic E-state index is 9.35. The second-order valence-electron chi connectivity index (χ2n) is 4.89. The van der Waals surface area contributed by atoms with Crippen LogP contribution in [0, 0.1) is 0 Å². The summed E-state index contributed by atoms with van der Waals surface area (Å²) in [6.07, 6.45) is 0.857. The Hall–Kier alpha value is -2.25. The Kier molecular flexibility index (Phi) is 5.55. The summed E-state index contributed by atoms with van der Waals surface area (Å²) in [6.45, 7) is 0.607. The number of rotatable bonds is 7. The smallest absolute Gasteiger partial charge is 0.214 e. The minimum Gasteiger partial charge on any atom is -0.508 e. The number of thioether (sulfide) groups is 1. The first-order chi connectivity index (χ1) is 11.7. The van der Waals surface area contributed by atoms with E-state index >= 15 is 0 Å². The number of phenols is 1. The Morgan fingerprint density at radius 2 is 1.83 bits per heavy atom. The topological polar surface area (TPSA) is 73.1 Å². The SMILES string of the molecule is Oc1ccc(-n2nnnc2SCCCOc2ccc(Cl)cc2)cc1. The first kappa shape index (κ1) is 16.6. The molecule has 0 atom stereocenters. The molecular weight excluding hydrogens is 348 g/mol. The van der Waals surface area contributed by atoms with Gasteiger partial charge in [-0.3, -0.25) is 0 Å². The van der Waals surface area contributed by atoms with E-state index in [1.165, 1.54) is 0 Å². The Balaban J connectivity index is 1.48. The molecular formula is C16H15ClN4O2S. The van der Waals surface area contributed by atoms with E-state index in [1.807, 2.05) is 12.1 Å². The predicted octanol–water partition coefficient (Wildman–Crippen LogP) is 3.58. The van der Waals surface area contributed by atoms with Crippen molar-refractivity contribution in [1.29, 1.82) is 0 Å². The van der Waals surface area contributed by atoms with Gasteiger partial charge >= 0.3 is 0 Å². The van der Waals surface area contributed by atoms with Crippen molar-refractivity contribution in [3.8, 4) is 17.2 Å². The first-order valence-corrected chi connectivity index (χ1v) is 8.68. The van der Waals surface area contributed by atoms with Gasteiger partial charge in [-0.05, 0) is 65.4 Å². The normalized spacial score (nSPS) is 10.7. The van der Waals surface area contributed by atoms with Crippen LogP contribution in [0.2, 0.25) is 5.02 Å². The summed E-state index contributed by atoms with van der Waals surface area (Å²) >= 11 is 7.39. The van der Waals surface area contributed by atoms with E-state index in [1.54, 1.807) is 52.8 Å². The van der Waals surface area contributed by atoms with E-state index in [4.69, 9.17) is 16.3 Å². The Bertz CT molecular complexity index is 778. The van der Waals surface area contributed by atoms with Crippen LogP contribution in [0.1, 0.15) is 6.42 Å². The third-order valence-electron chi connectivity index (χ3n) is 3.14. The van der Waals surface area contributed by atoms with Gasteiger partial charge in [0.15, 0.2) is 0 Å². The van der Waals surface area contributed by atoms with Crippen molar-refractivity contribution in [1.82, 2.24) is 20.2 Å². The summed E-state index contributed by atoms with van der Waals surface area (Å²) in [5.74, 6) is 1.84. The third-order valence-corrected chi connectivity index (χ3v) is 4.39. The molecule has 6 nitrogen and oxygen atoms in total. The highest BCUT2D eigenvalue weighted by atomic mass is 35.5. The molecule has 124 valence electrons. The van der Waals surface area contributed by atoms with Crippen molar-refractivity contribution in [2.45, 2.75) is 11.6 Å². The summed E-state index contributed by atoms with van der Waals surface area (Å²) in [6, 6.07) is 14.0. The lowest BCUT2D eigenvalue weighted by Crippen LogP contribution is -2.01. The molecule has 1 aromatic heterocycles. The Morgan fingerprint density at radius 1 is 1.08 bits per heavy atom. The molecule has 0 saturated carbocycles. The first-order valence-electron chi connectivity index (χ1n) is 7.31. The van der Waals surface area contributed by atoms with Crippen molar-refractivity contribution in [3.05, 3.63) is 53.6 Å². The molecule has 0 bridgehead atoms. The minimum absolute atomic E-state index is 0.209. The van der Waals surface area contributed by atoms with E-state index in [0.717, 1.165) is 23.6 Å². The molecule has 1 N–H and O–H groups in total. The molecule has 1 heterocycles. The highest BCUT2D eigenvalue weighted by Gasteiger charge is 2.08. The molecule has 8 heteroatoms. The van der Waals surface area contributed by atoms with Crippen LogP contribution in [0.4, 0.5) is 0 Å². The molecule has 0 radical (unpaired) electrons. The molecule has 0 aliphatic carbocycles. The van der Waals surface area contributed by atoms with Crippen molar-refractivity contribution in [2.75, 3.05) is 12.4 Å². The molecule has 0 aliphatic rings. The average molecular weight is 363 g/mol. The van der Waals surface area contributed by atoms with Crippen molar-refractivity contribution in [3.63, 3.8) is 0 Å². The highest BCUT2D eigenvalue weighted by Crippen LogP contribution is 2.21. The zero-order valence-electron chi connectivity index (χ0n) is 12.7. The van der Waals surface area contributed by atoms with Gasteiger partial charge in [0.05, 0.1) is 12.3 Å². The van der Waals surface area contributed by atoms with Crippen molar-refractivity contribution in [2.24, 2.45) is 0 Å². The second kappa shape index (κ2) is 8.03. The van der Waals surface area contributed by atoms with Gasteiger partial charge < -0.3 is 9.84 Å². The minimum atomic E-state index is 0.209. The van der Waals surface area contributed by atoms with Crippen LogP contribution < -0.4 is 4.74 Å². The van der Waals surface area contributed by atoms with Gasteiger partial charge in [-0.15, -0.1) is 5.10 Å². The van der Waals surface area contributed by atoms with E-state index in [2.05, 4.69) is 15.5 Å². The van der Waals surface area contributed by atoms with E-state index < -0.39 is 0 Å². The molecule has 0 fully saturated rings. The van der Waals surface area contributed by atoms with Crippen LogP contribution in [0.5, 0.6) is 11.5 Å². The molecule has 0 spiro atoms. The molecule has 2 aromatic carbocycles. The molecule has 24 heavy (non-hydrogen) atoms. The van der Waals surface area contributed by atoms with Crippen molar-refractivity contribution < 1.29 is 9.84 Å². The summed E-state index contributed by atoms with van der Waals surface area (Å²) in [5.41, 5.74) is 0.803. The predicted molar refractivity (Wildman–Crippen MR) is 93.1 cm³/mol. The van der Waals surface area contributed by atoms with Gasteiger partial charge in [0.1, 0.15) is 11.5 Å². The van der Waals surface area contributed by atoms with Crippen LogP contribution in [-0.2, 0) is 0 Å². The fraction of sp³-hybridized carbons (Fsp3) is 0.188. The Morgan fingerprint density at radius 3 is 2.58 bits per heavy atom. The fourth-order valence-electron chi connectivity index (χ4n) is 1.97. The van der Waals surface area contributed by atoms with Crippen molar-refractivity contribution >= 4 is 23.4 Å². The summed E-state index contributed by atoms with van der Waals surface area (Å²) in [7, 11) is 0. The van der Waals surface area contributed by atoms with Crippen LogP contribution in [0.3, 0.4) is 0 Å². The van der Waals surface area contributed by atoms with Gasteiger partial charge in [0.25, 0.3) is 0 Å². The lowest BCUT2D eigenvalue weighted by Gasteiger charge is -2.06. The number of ether oxygens (including phenoxy) is 1. The van der Waals surface area contributed by atoms with Gasteiger partial charge in [-0.25, -0.2) is 0 Å². The monoisotopic (exact) mass is 362 g/mol. The number of nitrogens with zero attached hydrogens (tertiary/aromatic N) is 4. The molecule has 0 amide bonds. The molecule has 0 aliphatic heterocycles. The number of aromatic nitrogens is 4. The lowest BCUT2D eigenvalue weighted by molar-refractivity contribution is 0.318. The molecule has 0 saturated heterocycles. The van der Waals surface area contributed by atoms with E-state index in [9.17, 15) is 5.11 Å². The second-order valence-corrected chi connectivity index (χ2v) is 6.39. The lowest BCUT2D eigenvalue weighted by atomic mass is 10.3. The average Bonchev–Trinajstić information content (AvgIpc) is 3.05. The summed E-state index contributed by atoms with van der Waals surface area (Å²) in [4.78, 5) is 0. The number of tetrazole rings is 1. The van der Waals surface area contributed by atoms with E-state index in [-0.39, 0.29) is 5.75 Å². The molecule has 3 aromatic rings. The van der Waals surface area contributed by atoms with E-state index in [0.29, 0.717) is 16.8 Å². The number of phenolic OH excluding ortho intramolecular Hbond substituents is 1. The summed E-state index contributed by atoms with van der Waals surface area (Å²) < 4.78 is 7.29. The van der Waals surface area contributed by atoms with Crippen LogP contribution >= 0.6 is 23.4 Å². The van der Waals surface area contributed by atoms with Crippen LogP contribution in [-0.4, -0.2) is 37.7 Å². The molecule has 3 rings (SSSR count). The number of aromatic hydroxyl groups is 1. The number of hydrogen-bond donors (Lipinski definition) is 1. The largest absolute Gasteiger partial charge is 0.508 e. The number of hydrogen-bond acceptors (Lipinski definition) is 6. The van der Waals surface area contributed by atoms with Gasteiger partial charge in [-0.2, -0.15) is 4.68 Å². The molecule has 0 unspecified atom stereocenters. The zero-order valence-corrected chi connectivity index (χ0v) is 14.2. The fourth-order valence-corrected chi connectivity index (χ4v) is 2.90. The van der Waals surface area contributed by atoms with Gasteiger partial charge in [0, 0.05) is 10.8 Å². The quantitative estimate of drug-likeness (QED) is 0.511. The van der Waals surface area contributed by atoms with Crippen LogP contribution in [0.25, 0.3) is 5.69 Å². The zero-order chi connectivity index (χ0) is 16.8.